The first-order valence-electron chi connectivity index (χ1n) is 9.07. The molecule has 0 unspecified atom stereocenters. The Kier molecular flexibility index (Phi) is 5.68. The molecule has 0 saturated heterocycles. The first-order valence-corrected chi connectivity index (χ1v) is 9.83. The molecule has 1 N–H and O–H groups in total. The van der Waals surface area contributed by atoms with Crippen LogP contribution in [-0.2, 0) is 6.18 Å². The number of hydrogen-bond donors (Lipinski definition) is 1. The third kappa shape index (κ3) is 4.26. The summed E-state index contributed by atoms with van der Waals surface area (Å²) in [5, 5.41) is 2.46. The Balaban J connectivity index is 1.67. The summed E-state index contributed by atoms with van der Waals surface area (Å²) < 4.78 is 45.1. The lowest BCUT2D eigenvalue weighted by Gasteiger charge is -2.31. The second-order valence-corrected chi connectivity index (χ2v) is 7.42. The zero-order valence-corrected chi connectivity index (χ0v) is 17.2. The van der Waals surface area contributed by atoms with Crippen LogP contribution in [0.3, 0.4) is 0 Å². The molecule has 0 fully saturated rings. The van der Waals surface area contributed by atoms with Crippen LogP contribution in [0.25, 0.3) is 0 Å². The summed E-state index contributed by atoms with van der Waals surface area (Å²) in [5.41, 5.74) is -0.335. The number of carbonyl (C=O) groups is 1. The van der Waals surface area contributed by atoms with Crippen LogP contribution in [0.15, 0.2) is 54.7 Å². The van der Waals surface area contributed by atoms with Crippen molar-refractivity contribution in [3.63, 3.8) is 0 Å². The minimum Gasteiger partial charge on any atom is -0.489 e. The number of alkyl halides is 3. The van der Waals surface area contributed by atoms with Crippen LogP contribution in [-0.4, -0.2) is 24.0 Å². The maximum Gasteiger partial charge on any atom is 0.417 e. The summed E-state index contributed by atoms with van der Waals surface area (Å²) in [6.45, 7) is 0.726. The quantitative estimate of drug-likeness (QED) is 0.498. The van der Waals surface area contributed by atoms with E-state index in [2.05, 4.69) is 10.3 Å². The number of aromatic nitrogens is 1. The van der Waals surface area contributed by atoms with Crippen LogP contribution in [0.1, 0.15) is 15.9 Å². The summed E-state index contributed by atoms with van der Waals surface area (Å²) in [7, 11) is 0. The maximum absolute atomic E-state index is 13.1. The molecule has 160 valence electrons. The predicted molar refractivity (Wildman–Crippen MR) is 113 cm³/mol. The van der Waals surface area contributed by atoms with Crippen LogP contribution < -0.4 is 15.0 Å². The number of carbonyl (C=O) groups excluding carboxylic acids is 1. The number of benzene rings is 2. The maximum atomic E-state index is 13.1. The van der Waals surface area contributed by atoms with E-state index in [-0.39, 0.29) is 23.6 Å². The summed E-state index contributed by atoms with van der Waals surface area (Å²) in [6, 6.07) is 11.5. The van der Waals surface area contributed by atoms with Gasteiger partial charge in [0.2, 0.25) is 0 Å². The lowest BCUT2D eigenvalue weighted by atomic mass is 10.1. The molecule has 1 aromatic heterocycles. The Morgan fingerprint density at radius 1 is 1.10 bits per heavy atom. The average Bonchev–Trinajstić information content (AvgIpc) is 2.74. The van der Waals surface area contributed by atoms with Crippen molar-refractivity contribution in [2.24, 2.45) is 0 Å². The van der Waals surface area contributed by atoms with Gasteiger partial charge in [-0.15, -0.1) is 0 Å². The van der Waals surface area contributed by atoms with Crippen molar-refractivity contribution in [2.45, 2.75) is 6.18 Å². The van der Waals surface area contributed by atoms with Gasteiger partial charge in [-0.1, -0.05) is 29.3 Å². The Bertz CT molecular complexity index is 1150. The van der Waals surface area contributed by atoms with E-state index in [9.17, 15) is 18.0 Å². The number of pyridine rings is 1. The number of nitrogens with one attached hydrogen (secondary N) is 1. The first-order chi connectivity index (χ1) is 14.8. The van der Waals surface area contributed by atoms with Crippen molar-refractivity contribution in [1.82, 2.24) is 4.98 Å². The molecule has 0 atom stereocenters. The van der Waals surface area contributed by atoms with Crippen molar-refractivity contribution in [3.8, 4) is 5.75 Å². The smallest absolute Gasteiger partial charge is 0.417 e. The highest BCUT2D eigenvalue weighted by atomic mass is 35.5. The van der Waals surface area contributed by atoms with Crippen molar-refractivity contribution in [2.75, 3.05) is 23.4 Å². The summed E-state index contributed by atoms with van der Waals surface area (Å²) in [6.07, 6.45) is -3.04. The number of halogens is 5. The van der Waals surface area contributed by atoms with Gasteiger partial charge in [0.05, 0.1) is 33.4 Å². The minimum atomic E-state index is -4.64. The van der Waals surface area contributed by atoms with Gasteiger partial charge in [-0.05, 0) is 42.5 Å². The standard InChI is InChI=1S/C21H14Cl2F3N3O2/c22-15-7-6-12(11-14(15)21(24,25)26)28-20(30)13-3-1-5-17-18(13)31-10-9-29(17)19-16(23)4-2-8-27-19/h1-8,11H,9-10H2,(H,28,30). The lowest BCUT2D eigenvalue weighted by molar-refractivity contribution is -0.137. The van der Waals surface area contributed by atoms with Gasteiger partial charge >= 0.3 is 6.18 Å². The van der Waals surface area contributed by atoms with Crippen molar-refractivity contribution < 1.29 is 22.7 Å². The summed E-state index contributed by atoms with van der Waals surface area (Å²) in [4.78, 5) is 19.0. The first kappa shape index (κ1) is 21.3. The van der Waals surface area contributed by atoms with E-state index >= 15 is 0 Å². The second kappa shape index (κ2) is 8.28. The van der Waals surface area contributed by atoms with Gasteiger partial charge < -0.3 is 15.0 Å². The third-order valence-electron chi connectivity index (χ3n) is 4.62. The number of nitrogens with zero attached hydrogens (tertiary/aromatic N) is 2. The molecule has 0 radical (unpaired) electrons. The highest BCUT2D eigenvalue weighted by molar-refractivity contribution is 6.33. The van der Waals surface area contributed by atoms with E-state index < -0.39 is 22.7 Å². The molecule has 31 heavy (non-hydrogen) atoms. The van der Waals surface area contributed by atoms with Gasteiger partial charge in [0.15, 0.2) is 11.6 Å². The average molecular weight is 468 g/mol. The van der Waals surface area contributed by atoms with Crippen molar-refractivity contribution >= 4 is 46.3 Å². The molecular weight excluding hydrogens is 454 g/mol. The SMILES string of the molecule is O=C(Nc1ccc(Cl)c(C(F)(F)F)c1)c1cccc2c1OCCN2c1ncccc1Cl. The number of rotatable bonds is 3. The monoisotopic (exact) mass is 467 g/mol. The van der Waals surface area contributed by atoms with E-state index in [1.165, 1.54) is 12.1 Å². The molecule has 0 saturated carbocycles. The zero-order chi connectivity index (χ0) is 22.2. The fourth-order valence-electron chi connectivity index (χ4n) is 3.24. The molecule has 5 nitrogen and oxygen atoms in total. The molecule has 3 aromatic rings. The van der Waals surface area contributed by atoms with E-state index in [0.29, 0.717) is 23.1 Å². The van der Waals surface area contributed by atoms with E-state index in [1.807, 2.05) is 4.90 Å². The summed E-state index contributed by atoms with van der Waals surface area (Å²) in [5.74, 6) is 0.179. The van der Waals surface area contributed by atoms with Gasteiger partial charge in [-0.25, -0.2) is 4.98 Å². The summed E-state index contributed by atoms with van der Waals surface area (Å²) >= 11 is 11.9. The zero-order valence-electron chi connectivity index (χ0n) is 15.7. The second-order valence-electron chi connectivity index (χ2n) is 6.61. The van der Waals surface area contributed by atoms with Crippen LogP contribution >= 0.6 is 23.2 Å². The molecule has 0 bridgehead atoms. The third-order valence-corrected chi connectivity index (χ3v) is 5.24. The number of amides is 1. The highest BCUT2D eigenvalue weighted by Crippen LogP contribution is 2.41. The lowest BCUT2D eigenvalue weighted by Crippen LogP contribution is -2.30. The molecule has 2 heterocycles. The molecule has 0 aliphatic carbocycles. The van der Waals surface area contributed by atoms with E-state index in [0.717, 1.165) is 12.1 Å². The fraction of sp³-hybridized carbons (Fsp3) is 0.143. The Morgan fingerprint density at radius 2 is 1.90 bits per heavy atom. The van der Waals surface area contributed by atoms with Crippen molar-refractivity contribution in [1.29, 1.82) is 0 Å². The largest absolute Gasteiger partial charge is 0.489 e. The molecule has 10 heteroatoms. The molecular formula is C21H14Cl2F3N3O2. The van der Waals surface area contributed by atoms with Crippen LogP contribution in [0.2, 0.25) is 10.0 Å². The van der Waals surface area contributed by atoms with Crippen LogP contribution in [0.4, 0.5) is 30.4 Å². The molecule has 1 amide bonds. The van der Waals surface area contributed by atoms with Gasteiger partial charge in [0, 0.05) is 11.9 Å². The van der Waals surface area contributed by atoms with Gasteiger partial charge in [0.1, 0.15) is 6.61 Å². The molecule has 1 aliphatic heterocycles. The van der Waals surface area contributed by atoms with E-state index in [4.69, 9.17) is 27.9 Å². The molecule has 1 aliphatic rings. The number of anilines is 3. The van der Waals surface area contributed by atoms with Gasteiger partial charge in [-0.3, -0.25) is 4.79 Å². The van der Waals surface area contributed by atoms with Gasteiger partial charge in [0.25, 0.3) is 5.91 Å². The van der Waals surface area contributed by atoms with Gasteiger partial charge in [-0.2, -0.15) is 13.2 Å². The Labute approximate surface area is 185 Å². The Hall–Kier alpha value is -2.97. The molecule has 0 spiro atoms. The minimum absolute atomic E-state index is 0.0419. The van der Waals surface area contributed by atoms with Crippen molar-refractivity contribution in [3.05, 3.63) is 75.9 Å². The number of para-hydroxylation sites is 1. The highest BCUT2D eigenvalue weighted by Gasteiger charge is 2.33. The molecule has 2 aromatic carbocycles. The predicted octanol–water partition coefficient (Wildman–Crippen LogP) is 6.19. The number of hydrogen-bond acceptors (Lipinski definition) is 4. The van der Waals surface area contributed by atoms with Crippen LogP contribution in [0.5, 0.6) is 5.75 Å². The topological polar surface area (TPSA) is 54.5 Å². The molecule has 4 rings (SSSR count). The van der Waals surface area contributed by atoms with E-state index in [1.54, 1.807) is 30.5 Å². The number of fused-ring (bicyclic) bond motifs is 1. The number of ether oxygens (including phenoxy) is 1. The Morgan fingerprint density at radius 3 is 2.65 bits per heavy atom. The normalized spacial score (nSPS) is 13.4. The fourth-order valence-corrected chi connectivity index (χ4v) is 3.69. The van der Waals surface area contributed by atoms with Crippen LogP contribution in [0, 0.1) is 0 Å².